The van der Waals surface area contributed by atoms with Gasteiger partial charge in [-0.3, -0.25) is 14.0 Å². The Morgan fingerprint density at radius 2 is 1.73 bits per heavy atom. The Morgan fingerprint density at radius 1 is 1.07 bits per heavy atom. The molecule has 1 atom stereocenters. The first-order valence-electron chi connectivity index (χ1n) is 10.0. The molecule has 30 heavy (non-hydrogen) atoms. The molecule has 0 N–H and O–H groups in total. The standard InChI is InChI=1S/C22H25N3O4S/c1-17(26)25(30-21-5-3-2-4-6-21)16-20-15-24(22(27)29-20)19-9-7-18(8-10-19)23-11-13-28-14-12-23/h2-10,20H,11-16H2,1H3. The average molecular weight is 428 g/mol. The van der Waals surface area contributed by atoms with Gasteiger partial charge in [-0.15, -0.1) is 0 Å². The van der Waals surface area contributed by atoms with Crippen LogP contribution in [0.2, 0.25) is 0 Å². The highest BCUT2D eigenvalue weighted by Crippen LogP contribution is 2.28. The van der Waals surface area contributed by atoms with Gasteiger partial charge in [0.05, 0.1) is 26.3 Å². The van der Waals surface area contributed by atoms with Crippen LogP contribution < -0.4 is 9.80 Å². The van der Waals surface area contributed by atoms with Crippen molar-refractivity contribution in [3.63, 3.8) is 0 Å². The molecule has 2 heterocycles. The summed E-state index contributed by atoms with van der Waals surface area (Å²) in [5.41, 5.74) is 1.91. The predicted octanol–water partition coefficient (Wildman–Crippen LogP) is 3.40. The highest BCUT2D eigenvalue weighted by molar-refractivity contribution is 7.97. The molecule has 7 nitrogen and oxygen atoms in total. The van der Waals surface area contributed by atoms with Gasteiger partial charge in [0.1, 0.15) is 6.10 Å². The fourth-order valence-corrected chi connectivity index (χ4v) is 4.42. The van der Waals surface area contributed by atoms with Crippen LogP contribution in [0.1, 0.15) is 6.92 Å². The first kappa shape index (κ1) is 20.6. The van der Waals surface area contributed by atoms with Gasteiger partial charge in [0.15, 0.2) is 0 Å². The fourth-order valence-electron chi connectivity index (χ4n) is 3.52. The van der Waals surface area contributed by atoms with Gasteiger partial charge in [-0.2, -0.15) is 0 Å². The SMILES string of the molecule is CC(=O)N(CC1CN(c2ccc(N3CCOCC3)cc2)C(=O)O1)Sc1ccccc1. The molecule has 2 aromatic rings. The monoisotopic (exact) mass is 427 g/mol. The Morgan fingerprint density at radius 3 is 2.40 bits per heavy atom. The third-order valence-electron chi connectivity index (χ3n) is 5.09. The lowest BCUT2D eigenvalue weighted by Gasteiger charge is -2.29. The molecular weight excluding hydrogens is 402 g/mol. The number of carbonyl (C=O) groups excluding carboxylic acids is 2. The van der Waals surface area contributed by atoms with Crippen LogP contribution in [0.25, 0.3) is 0 Å². The van der Waals surface area contributed by atoms with Gasteiger partial charge in [0.2, 0.25) is 5.91 Å². The van der Waals surface area contributed by atoms with E-state index < -0.39 is 0 Å². The van der Waals surface area contributed by atoms with E-state index in [1.54, 1.807) is 9.21 Å². The van der Waals surface area contributed by atoms with E-state index in [1.165, 1.54) is 18.9 Å². The predicted molar refractivity (Wildman–Crippen MR) is 117 cm³/mol. The number of hydrogen-bond acceptors (Lipinski definition) is 6. The van der Waals surface area contributed by atoms with E-state index in [4.69, 9.17) is 9.47 Å². The summed E-state index contributed by atoms with van der Waals surface area (Å²) < 4.78 is 12.6. The van der Waals surface area contributed by atoms with E-state index in [0.29, 0.717) is 13.1 Å². The number of nitrogens with zero attached hydrogens (tertiary/aromatic N) is 3. The summed E-state index contributed by atoms with van der Waals surface area (Å²) in [7, 11) is 0. The van der Waals surface area contributed by atoms with Crippen molar-refractivity contribution >= 4 is 35.3 Å². The van der Waals surface area contributed by atoms with Crippen molar-refractivity contribution in [2.24, 2.45) is 0 Å². The smallest absolute Gasteiger partial charge is 0.414 e. The molecule has 2 amide bonds. The van der Waals surface area contributed by atoms with Crippen LogP contribution in [0.3, 0.4) is 0 Å². The van der Waals surface area contributed by atoms with Crippen LogP contribution in [0.5, 0.6) is 0 Å². The van der Waals surface area contributed by atoms with Crippen molar-refractivity contribution < 1.29 is 19.1 Å². The van der Waals surface area contributed by atoms with E-state index >= 15 is 0 Å². The average Bonchev–Trinajstić information content (AvgIpc) is 3.15. The highest BCUT2D eigenvalue weighted by atomic mass is 32.2. The number of amides is 2. The molecule has 0 spiro atoms. The second-order valence-corrected chi connectivity index (χ2v) is 8.31. The Balaban J connectivity index is 1.38. The Hall–Kier alpha value is -2.71. The van der Waals surface area contributed by atoms with E-state index in [9.17, 15) is 9.59 Å². The molecule has 158 valence electrons. The van der Waals surface area contributed by atoms with Gasteiger partial charge in [0.25, 0.3) is 0 Å². The van der Waals surface area contributed by atoms with Crippen molar-refractivity contribution in [3.8, 4) is 0 Å². The molecule has 0 bridgehead atoms. The number of anilines is 2. The molecule has 8 heteroatoms. The summed E-state index contributed by atoms with van der Waals surface area (Å²) in [5, 5.41) is 0. The lowest BCUT2D eigenvalue weighted by Crippen LogP contribution is -2.36. The minimum atomic E-state index is -0.382. The number of morpholine rings is 1. The van der Waals surface area contributed by atoms with Gasteiger partial charge >= 0.3 is 6.09 Å². The molecule has 2 fully saturated rings. The topological polar surface area (TPSA) is 62.3 Å². The molecule has 2 saturated heterocycles. The molecule has 1 unspecified atom stereocenters. The summed E-state index contributed by atoms with van der Waals surface area (Å²) in [6.45, 7) is 5.47. The Bertz CT molecular complexity index is 872. The number of hydrogen-bond donors (Lipinski definition) is 0. The van der Waals surface area contributed by atoms with Crippen molar-refractivity contribution in [3.05, 3.63) is 54.6 Å². The second-order valence-electron chi connectivity index (χ2n) is 7.22. The summed E-state index contributed by atoms with van der Waals surface area (Å²) >= 11 is 1.36. The third kappa shape index (κ3) is 4.88. The number of benzene rings is 2. The molecule has 0 radical (unpaired) electrons. The molecule has 0 aromatic heterocycles. The fraction of sp³-hybridized carbons (Fsp3) is 0.364. The molecule has 2 aliphatic rings. The van der Waals surface area contributed by atoms with Gasteiger partial charge in [0, 0.05) is 36.3 Å². The van der Waals surface area contributed by atoms with Crippen LogP contribution in [0.4, 0.5) is 16.2 Å². The van der Waals surface area contributed by atoms with Crippen molar-refractivity contribution in [2.45, 2.75) is 17.9 Å². The van der Waals surface area contributed by atoms with E-state index in [0.717, 1.165) is 42.6 Å². The number of rotatable bonds is 6. The molecule has 2 aliphatic heterocycles. The minimum absolute atomic E-state index is 0.0757. The van der Waals surface area contributed by atoms with Crippen LogP contribution in [-0.2, 0) is 14.3 Å². The van der Waals surface area contributed by atoms with Crippen LogP contribution >= 0.6 is 11.9 Å². The van der Waals surface area contributed by atoms with Crippen molar-refractivity contribution in [2.75, 3.05) is 49.2 Å². The molecule has 0 saturated carbocycles. The lowest BCUT2D eigenvalue weighted by molar-refractivity contribution is -0.124. The first-order chi connectivity index (χ1) is 14.6. The quantitative estimate of drug-likeness (QED) is 0.659. The summed E-state index contributed by atoms with van der Waals surface area (Å²) in [6, 6.07) is 17.6. The van der Waals surface area contributed by atoms with Crippen molar-refractivity contribution in [1.29, 1.82) is 0 Å². The highest BCUT2D eigenvalue weighted by Gasteiger charge is 2.34. The maximum Gasteiger partial charge on any atom is 0.414 e. The number of carbonyl (C=O) groups is 2. The summed E-state index contributed by atoms with van der Waals surface area (Å²) in [4.78, 5) is 29.4. The summed E-state index contributed by atoms with van der Waals surface area (Å²) in [5.74, 6) is -0.0757. The summed E-state index contributed by atoms with van der Waals surface area (Å²) in [6.07, 6.45) is -0.760. The van der Waals surface area contributed by atoms with E-state index in [-0.39, 0.29) is 18.1 Å². The van der Waals surface area contributed by atoms with Gasteiger partial charge in [-0.25, -0.2) is 4.79 Å². The zero-order chi connectivity index (χ0) is 20.9. The van der Waals surface area contributed by atoms with Crippen LogP contribution in [0, 0.1) is 0 Å². The normalized spacial score (nSPS) is 19.0. The first-order valence-corrected chi connectivity index (χ1v) is 10.8. The maximum absolute atomic E-state index is 12.4. The van der Waals surface area contributed by atoms with Gasteiger partial charge in [-0.1, -0.05) is 18.2 Å². The van der Waals surface area contributed by atoms with Gasteiger partial charge < -0.3 is 14.4 Å². The van der Waals surface area contributed by atoms with Crippen molar-refractivity contribution in [1.82, 2.24) is 4.31 Å². The minimum Gasteiger partial charge on any atom is -0.442 e. The van der Waals surface area contributed by atoms with Gasteiger partial charge in [-0.05, 0) is 48.3 Å². The third-order valence-corrected chi connectivity index (χ3v) is 6.20. The zero-order valence-corrected chi connectivity index (χ0v) is 17.7. The van der Waals surface area contributed by atoms with E-state index in [2.05, 4.69) is 4.90 Å². The molecule has 2 aromatic carbocycles. The lowest BCUT2D eigenvalue weighted by atomic mass is 10.2. The largest absolute Gasteiger partial charge is 0.442 e. The van der Waals surface area contributed by atoms with Crippen LogP contribution in [0.15, 0.2) is 59.5 Å². The maximum atomic E-state index is 12.4. The Labute approximate surface area is 180 Å². The number of cyclic esters (lactones) is 1. The number of ether oxygens (including phenoxy) is 2. The second kappa shape index (κ2) is 9.40. The zero-order valence-electron chi connectivity index (χ0n) is 16.9. The molecule has 4 rings (SSSR count). The van der Waals surface area contributed by atoms with E-state index in [1.807, 2.05) is 54.6 Å². The molecule has 0 aliphatic carbocycles. The molecular formula is C22H25N3O4S. The van der Waals surface area contributed by atoms with Crippen LogP contribution in [-0.4, -0.2) is 61.8 Å². The Kier molecular flexibility index (Phi) is 6.44.